The maximum Gasteiger partial charge on any atom is 0.262 e. The van der Waals surface area contributed by atoms with Crippen LogP contribution in [-0.4, -0.2) is 34.9 Å². The molecule has 0 spiro atoms. The molecule has 1 N–H and O–H groups in total. The molecular formula is C21H22ClN3O3S. The van der Waals surface area contributed by atoms with E-state index in [0.717, 1.165) is 5.56 Å². The third-order valence-electron chi connectivity index (χ3n) is 4.39. The minimum atomic E-state index is -0.210. The fourth-order valence-corrected chi connectivity index (χ4v) is 4.08. The lowest BCUT2D eigenvalue weighted by atomic mass is 10.2. The van der Waals surface area contributed by atoms with Crippen molar-refractivity contribution >= 4 is 40.2 Å². The highest BCUT2D eigenvalue weighted by Crippen LogP contribution is 2.21. The lowest BCUT2D eigenvalue weighted by Crippen LogP contribution is -2.29. The van der Waals surface area contributed by atoms with E-state index in [1.54, 1.807) is 29.9 Å². The molecular weight excluding hydrogens is 410 g/mol. The maximum atomic E-state index is 13.0. The van der Waals surface area contributed by atoms with Gasteiger partial charge >= 0.3 is 0 Å². The second kappa shape index (κ2) is 9.91. The van der Waals surface area contributed by atoms with Gasteiger partial charge in [0.25, 0.3) is 5.56 Å². The van der Waals surface area contributed by atoms with Gasteiger partial charge in [0.05, 0.1) is 29.3 Å². The second-order valence-corrected chi connectivity index (χ2v) is 7.90. The van der Waals surface area contributed by atoms with E-state index in [9.17, 15) is 9.59 Å². The third-order valence-corrected chi connectivity index (χ3v) is 5.71. The number of ether oxygens (including phenoxy) is 1. The summed E-state index contributed by atoms with van der Waals surface area (Å²) in [5, 5.41) is 4.50. The zero-order valence-electron chi connectivity index (χ0n) is 16.2. The topological polar surface area (TPSA) is 73.2 Å². The van der Waals surface area contributed by atoms with Crippen LogP contribution in [0.1, 0.15) is 18.5 Å². The van der Waals surface area contributed by atoms with E-state index in [2.05, 4.69) is 10.3 Å². The van der Waals surface area contributed by atoms with Crippen molar-refractivity contribution in [3.63, 3.8) is 0 Å². The summed E-state index contributed by atoms with van der Waals surface area (Å²) in [5.41, 5.74) is 1.32. The summed E-state index contributed by atoms with van der Waals surface area (Å²) in [4.78, 5) is 30.0. The Morgan fingerprint density at radius 2 is 1.97 bits per heavy atom. The standard InChI is InChI=1S/C21H22ClN3O3S/c1-14(12-28-2)25-20(27)16-8-4-6-10-18(16)24-21(25)29-13-19(26)23-11-15-7-3-5-9-17(15)22/h3-10,14H,11-13H2,1-2H3,(H,23,26). The molecule has 3 aromatic rings. The lowest BCUT2D eigenvalue weighted by molar-refractivity contribution is -0.118. The number of halogens is 1. The molecule has 0 aliphatic rings. The van der Waals surface area contributed by atoms with Crippen LogP contribution in [0.15, 0.2) is 58.5 Å². The smallest absolute Gasteiger partial charge is 0.262 e. The van der Waals surface area contributed by atoms with Crippen LogP contribution in [0.5, 0.6) is 0 Å². The number of thioether (sulfide) groups is 1. The van der Waals surface area contributed by atoms with Gasteiger partial charge in [-0.3, -0.25) is 14.2 Å². The van der Waals surface area contributed by atoms with Crippen LogP contribution in [0, 0.1) is 0 Å². The van der Waals surface area contributed by atoms with Gasteiger partial charge < -0.3 is 10.1 Å². The zero-order valence-corrected chi connectivity index (χ0v) is 17.8. The molecule has 1 amide bonds. The molecule has 1 aromatic heterocycles. The van der Waals surface area contributed by atoms with E-state index >= 15 is 0 Å². The first kappa shape index (κ1) is 21.4. The summed E-state index contributed by atoms with van der Waals surface area (Å²) >= 11 is 7.35. The Morgan fingerprint density at radius 3 is 2.72 bits per heavy atom. The Labute approximate surface area is 178 Å². The van der Waals surface area contributed by atoms with Crippen molar-refractivity contribution in [1.29, 1.82) is 0 Å². The molecule has 0 fully saturated rings. The molecule has 8 heteroatoms. The fraction of sp³-hybridized carbons (Fsp3) is 0.286. The number of methoxy groups -OCH3 is 1. The van der Waals surface area contributed by atoms with Gasteiger partial charge in [-0.2, -0.15) is 0 Å². The predicted octanol–water partition coefficient (Wildman–Crippen LogP) is 3.67. The molecule has 3 rings (SSSR count). The van der Waals surface area contributed by atoms with E-state index in [-0.39, 0.29) is 23.3 Å². The number of hydrogen-bond donors (Lipinski definition) is 1. The highest BCUT2D eigenvalue weighted by Gasteiger charge is 2.17. The Bertz CT molecular complexity index is 1070. The number of carbonyl (C=O) groups is 1. The maximum absolute atomic E-state index is 13.0. The van der Waals surface area contributed by atoms with E-state index in [1.807, 2.05) is 37.3 Å². The van der Waals surface area contributed by atoms with Crippen LogP contribution in [-0.2, 0) is 16.1 Å². The number of fused-ring (bicyclic) bond motifs is 1. The van der Waals surface area contributed by atoms with Crippen molar-refractivity contribution in [2.24, 2.45) is 0 Å². The van der Waals surface area contributed by atoms with E-state index in [1.165, 1.54) is 11.8 Å². The van der Waals surface area contributed by atoms with Gasteiger partial charge in [0.15, 0.2) is 5.16 Å². The Morgan fingerprint density at radius 1 is 1.24 bits per heavy atom. The largest absolute Gasteiger partial charge is 0.383 e. The Kier molecular flexibility index (Phi) is 7.30. The summed E-state index contributed by atoms with van der Waals surface area (Å²) in [6.45, 7) is 2.60. The first-order valence-electron chi connectivity index (χ1n) is 9.14. The highest BCUT2D eigenvalue weighted by molar-refractivity contribution is 7.99. The molecule has 1 atom stereocenters. The predicted molar refractivity (Wildman–Crippen MR) is 117 cm³/mol. The monoisotopic (exact) mass is 431 g/mol. The molecule has 6 nitrogen and oxygen atoms in total. The van der Waals surface area contributed by atoms with Crippen LogP contribution < -0.4 is 10.9 Å². The SMILES string of the molecule is COCC(C)n1c(SCC(=O)NCc2ccccc2Cl)nc2ccccc2c1=O. The Hall–Kier alpha value is -2.35. The molecule has 0 aliphatic heterocycles. The van der Waals surface area contributed by atoms with E-state index < -0.39 is 0 Å². The number of nitrogens with one attached hydrogen (secondary N) is 1. The number of benzene rings is 2. The van der Waals surface area contributed by atoms with Crippen molar-refractivity contribution in [2.45, 2.75) is 24.7 Å². The number of aromatic nitrogens is 2. The molecule has 0 saturated carbocycles. The molecule has 1 heterocycles. The average molecular weight is 432 g/mol. The Balaban J connectivity index is 1.78. The molecule has 0 radical (unpaired) electrons. The van der Waals surface area contributed by atoms with E-state index in [4.69, 9.17) is 16.3 Å². The van der Waals surface area contributed by atoms with E-state index in [0.29, 0.717) is 34.2 Å². The van der Waals surface area contributed by atoms with Crippen LogP contribution in [0.25, 0.3) is 10.9 Å². The van der Waals surface area contributed by atoms with Gasteiger partial charge in [0.1, 0.15) is 0 Å². The molecule has 0 aliphatic carbocycles. The number of carbonyl (C=O) groups excluding carboxylic acids is 1. The van der Waals surface area contributed by atoms with Gasteiger partial charge in [-0.25, -0.2) is 4.98 Å². The normalized spacial score (nSPS) is 12.1. The molecule has 0 bridgehead atoms. The van der Waals surface area contributed by atoms with Gasteiger partial charge in [0.2, 0.25) is 5.91 Å². The van der Waals surface area contributed by atoms with Gasteiger partial charge in [-0.1, -0.05) is 53.7 Å². The van der Waals surface area contributed by atoms with Crippen molar-refractivity contribution in [1.82, 2.24) is 14.9 Å². The molecule has 152 valence electrons. The highest BCUT2D eigenvalue weighted by atomic mass is 35.5. The molecule has 29 heavy (non-hydrogen) atoms. The number of hydrogen-bond acceptors (Lipinski definition) is 5. The van der Waals surface area contributed by atoms with Crippen molar-refractivity contribution in [3.8, 4) is 0 Å². The zero-order chi connectivity index (χ0) is 20.8. The van der Waals surface area contributed by atoms with Crippen molar-refractivity contribution in [2.75, 3.05) is 19.5 Å². The second-order valence-electron chi connectivity index (χ2n) is 6.55. The van der Waals surface area contributed by atoms with Gasteiger partial charge in [-0.05, 0) is 30.7 Å². The quantitative estimate of drug-likeness (QED) is 0.435. The number of amides is 1. The van der Waals surface area contributed by atoms with Gasteiger partial charge in [-0.15, -0.1) is 0 Å². The minimum absolute atomic E-state index is 0.134. The summed E-state index contributed by atoms with van der Waals surface area (Å²) in [5.74, 6) is -0.0298. The average Bonchev–Trinajstić information content (AvgIpc) is 2.72. The van der Waals surface area contributed by atoms with Crippen LogP contribution in [0.2, 0.25) is 5.02 Å². The van der Waals surface area contributed by atoms with Crippen molar-refractivity contribution in [3.05, 3.63) is 69.5 Å². The van der Waals surface area contributed by atoms with Crippen LogP contribution >= 0.6 is 23.4 Å². The van der Waals surface area contributed by atoms with Gasteiger partial charge in [0, 0.05) is 18.7 Å². The summed E-state index contributed by atoms with van der Waals surface area (Å²) in [6, 6.07) is 14.4. The summed E-state index contributed by atoms with van der Waals surface area (Å²) < 4.78 is 6.81. The first-order valence-corrected chi connectivity index (χ1v) is 10.5. The molecule has 1 unspecified atom stereocenters. The number of rotatable bonds is 8. The molecule has 0 saturated heterocycles. The fourth-order valence-electron chi connectivity index (χ4n) is 2.95. The number of nitrogens with zero attached hydrogens (tertiary/aromatic N) is 2. The summed E-state index contributed by atoms with van der Waals surface area (Å²) in [6.07, 6.45) is 0. The first-order chi connectivity index (χ1) is 14.0. The minimum Gasteiger partial charge on any atom is -0.383 e. The van der Waals surface area contributed by atoms with Crippen LogP contribution in [0.3, 0.4) is 0 Å². The number of para-hydroxylation sites is 1. The van der Waals surface area contributed by atoms with Crippen LogP contribution in [0.4, 0.5) is 0 Å². The third kappa shape index (κ3) is 5.18. The summed E-state index contributed by atoms with van der Waals surface area (Å²) in [7, 11) is 1.59. The lowest BCUT2D eigenvalue weighted by Gasteiger charge is -2.18. The molecule has 2 aromatic carbocycles. The van der Waals surface area contributed by atoms with Crippen molar-refractivity contribution < 1.29 is 9.53 Å².